The Morgan fingerprint density at radius 3 is 1.53 bits per heavy atom. The van der Waals surface area contributed by atoms with Crippen molar-refractivity contribution in [1.29, 1.82) is 0 Å². The summed E-state index contributed by atoms with van der Waals surface area (Å²) in [6, 6.07) is -1.08. The maximum Gasteiger partial charge on any atom is 0.267 e. The lowest BCUT2D eigenvalue weighted by molar-refractivity contribution is -0.122. The number of aliphatic hydroxyl groups is 1. The molecule has 0 aliphatic carbocycles. The van der Waals surface area contributed by atoms with Gasteiger partial charge >= 0.3 is 0 Å². The third kappa shape index (κ3) is 37.1. The maximum atomic E-state index is 12.5. The molecule has 2 unspecified atom stereocenters. The van der Waals surface area contributed by atoms with Crippen LogP contribution in [-0.4, -0.2) is 41.9 Å². The molecule has 0 aliphatic rings. The molecular formula is C42H75NO5S. The van der Waals surface area contributed by atoms with E-state index >= 15 is 0 Å². The first-order valence-corrected chi connectivity index (χ1v) is 21.6. The van der Waals surface area contributed by atoms with Crippen molar-refractivity contribution in [2.45, 2.75) is 193 Å². The van der Waals surface area contributed by atoms with Crippen molar-refractivity contribution in [1.82, 2.24) is 5.32 Å². The van der Waals surface area contributed by atoms with Crippen LogP contribution in [0.5, 0.6) is 0 Å². The number of carbonyl (C=O) groups excluding carboxylic acids is 1. The Kier molecular flexibility index (Phi) is 34.4. The summed E-state index contributed by atoms with van der Waals surface area (Å²) >= 11 is 0. The third-order valence-electron chi connectivity index (χ3n) is 8.68. The molecule has 49 heavy (non-hydrogen) atoms. The normalized spacial score (nSPS) is 14.0. The first-order valence-electron chi connectivity index (χ1n) is 20.0. The molecule has 0 bridgehead atoms. The predicted molar refractivity (Wildman–Crippen MR) is 211 cm³/mol. The fourth-order valence-electron chi connectivity index (χ4n) is 5.71. The highest BCUT2D eigenvalue weighted by atomic mass is 32.2. The first kappa shape index (κ1) is 47.0. The van der Waals surface area contributed by atoms with Gasteiger partial charge in [0, 0.05) is 6.42 Å². The largest absolute Gasteiger partial charge is 0.387 e. The Balaban J connectivity index is 4.01. The van der Waals surface area contributed by atoms with Crippen LogP contribution < -0.4 is 5.32 Å². The zero-order chi connectivity index (χ0) is 36.1. The standard InChI is InChI=1S/C42H75NO5S/c1-3-5-7-9-11-13-15-17-19-21-23-25-27-29-31-33-35-37-41(44)40(39-49(46,47)48)43-42(45)38-36-34-32-30-28-26-24-22-20-18-16-14-12-10-8-6-4-2/h6,8,12,14,18,20,27,29,35,37,40-41,44H,3-5,7,9-11,13,15-17,19,21-26,28,30-34,36,38-39H2,1-2H3,(H,43,45)(H,46,47,48)/b8-6-,14-12-,20-18-,29-27+,37-35+. The number of rotatable bonds is 35. The molecule has 0 saturated carbocycles. The van der Waals surface area contributed by atoms with Crippen LogP contribution in [0.25, 0.3) is 0 Å². The lowest BCUT2D eigenvalue weighted by atomic mass is 10.1. The highest BCUT2D eigenvalue weighted by molar-refractivity contribution is 7.85. The van der Waals surface area contributed by atoms with Crippen LogP contribution in [0, 0.1) is 0 Å². The second-order valence-corrected chi connectivity index (χ2v) is 15.0. The molecule has 0 aromatic heterocycles. The Morgan fingerprint density at radius 2 is 1.00 bits per heavy atom. The number of hydrogen-bond donors (Lipinski definition) is 3. The molecule has 284 valence electrons. The molecular weight excluding hydrogens is 631 g/mol. The van der Waals surface area contributed by atoms with E-state index in [9.17, 15) is 22.9 Å². The van der Waals surface area contributed by atoms with Gasteiger partial charge in [-0.2, -0.15) is 8.42 Å². The summed E-state index contributed by atoms with van der Waals surface area (Å²) in [6.45, 7) is 4.41. The van der Waals surface area contributed by atoms with Gasteiger partial charge in [-0.3, -0.25) is 9.35 Å². The van der Waals surface area contributed by atoms with Crippen molar-refractivity contribution in [3.8, 4) is 0 Å². The van der Waals surface area contributed by atoms with Crippen LogP contribution in [0.1, 0.15) is 181 Å². The van der Waals surface area contributed by atoms with Gasteiger partial charge in [0.15, 0.2) is 0 Å². The van der Waals surface area contributed by atoms with Crippen molar-refractivity contribution in [2.24, 2.45) is 0 Å². The molecule has 0 saturated heterocycles. The Labute approximate surface area is 302 Å². The van der Waals surface area contributed by atoms with E-state index in [1.807, 2.05) is 6.08 Å². The van der Waals surface area contributed by atoms with E-state index in [1.165, 1.54) is 96.0 Å². The minimum atomic E-state index is -4.36. The van der Waals surface area contributed by atoms with E-state index in [-0.39, 0.29) is 12.3 Å². The van der Waals surface area contributed by atoms with E-state index in [4.69, 9.17) is 0 Å². The zero-order valence-corrected chi connectivity index (χ0v) is 32.4. The fraction of sp³-hybridized carbons (Fsp3) is 0.738. The van der Waals surface area contributed by atoms with Crippen molar-refractivity contribution in [3.05, 3.63) is 60.8 Å². The van der Waals surface area contributed by atoms with Gasteiger partial charge < -0.3 is 10.4 Å². The first-order chi connectivity index (χ1) is 23.8. The van der Waals surface area contributed by atoms with Gasteiger partial charge in [0.05, 0.1) is 17.9 Å². The van der Waals surface area contributed by atoms with E-state index < -0.39 is 28.0 Å². The Hall–Kier alpha value is -1.96. The number of aliphatic hydroxyl groups excluding tert-OH is 1. The summed E-state index contributed by atoms with van der Waals surface area (Å²) in [6.07, 6.45) is 49.2. The average Bonchev–Trinajstić information content (AvgIpc) is 3.06. The van der Waals surface area contributed by atoms with Crippen molar-refractivity contribution < 1.29 is 22.9 Å². The quantitative estimate of drug-likeness (QED) is 0.0346. The monoisotopic (exact) mass is 706 g/mol. The molecule has 6 nitrogen and oxygen atoms in total. The van der Waals surface area contributed by atoms with Gasteiger partial charge in [0.1, 0.15) is 0 Å². The minimum Gasteiger partial charge on any atom is -0.387 e. The van der Waals surface area contributed by atoms with Gasteiger partial charge in [-0.15, -0.1) is 0 Å². The SMILES string of the molecule is CC/C=C\C/C=C\C/C=C\CCCCCCCCCC(=O)NC(CS(=O)(=O)O)C(O)/C=C/CC/C=C/CCCCCCCCCCCCC. The van der Waals surface area contributed by atoms with Crippen LogP contribution in [0.4, 0.5) is 0 Å². The molecule has 0 rings (SSSR count). The van der Waals surface area contributed by atoms with Gasteiger partial charge in [-0.05, 0) is 64.2 Å². The highest BCUT2D eigenvalue weighted by Gasteiger charge is 2.24. The van der Waals surface area contributed by atoms with E-state index in [1.54, 1.807) is 0 Å². The molecule has 0 radical (unpaired) electrons. The Morgan fingerprint density at radius 1 is 0.571 bits per heavy atom. The van der Waals surface area contributed by atoms with E-state index in [0.717, 1.165) is 57.8 Å². The molecule has 1 amide bonds. The lowest BCUT2D eigenvalue weighted by Crippen LogP contribution is -2.46. The highest BCUT2D eigenvalue weighted by Crippen LogP contribution is 2.13. The average molecular weight is 706 g/mol. The van der Waals surface area contributed by atoms with Gasteiger partial charge in [0.25, 0.3) is 10.1 Å². The number of allylic oxidation sites excluding steroid dienone is 9. The third-order valence-corrected chi connectivity index (χ3v) is 9.46. The zero-order valence-electron chi connectivity index (χ0n) is 31.5. The van der Waals surface area contributed by atoms with E-state index in [2.05, 4.69) is 67.8 Å². The number of unbranched alkanes of at least 4 members (excludes halogenated alkanes) is 19. The molecule has 3 N–H and O–H groups in total. The minimum absolute atomic E-state index is 0.274. The van der Waals surface area contributed by atoms with Crippen LogP contribution in [-0.2, 0) is 14.9 Å². The summed E-state index contributed by atoms with van der Waals surface area (Å²) in [4.78, 5) is 12.5. The molecule has 0 heterocycles. The number of nitrogens with one attached hydrogen (secondary N) is 1. The molecule has 0 aliphatic heterocycles. The summed E-state index contributed by atoms with van der Waals surface area (Å²) in [5.74, 6) is -1.02. The van der Waals surface area contributed by atoms with Gasteiger partial charge in [-0.25, -0.2) is 0 Å². The fourth-order valence-corrected chi connectivity index (χ4v) is 6.45. The number of amides is 1. The summed E-state index contributed by atoms with van der Waals surface area (Å²) in [5.41, 5.74) is 0. The lowest BCUT2D eigenvalue weighted by Gasteiger charge is -2.21. The van der Waals surface area contributed by atoms with E-state index in [0.29, 0.717) is 12.8 Å². The maximum absolute atomic E-state index is 12.5. The predicted octanol–water partition coefficient (Wildman–Crippen LogP) is 11.7. The Bertz CT molecular complexity index is 999. The summed E-state index contributed by atoms with van der Waals surface area (Å²) in [5, 5.41) is 13.2. The van der Waals surface area contributed by atoms with Gasteiger partial charge in [-0.1, -0.05) is 171 Å². The van der Waals surface area contributed by atoms with Crippen molar-refractivity contribution in [3.63, 3.8) is 0 Å². The van der Waals surface area contributed by atoms with Crippen LogP contribution >= 0.6 is 0 Å². The summed E-state index contributed by atoms with van der Waals surface area (Å²) < 4.78 is 32.4. The summed E-state index contributed by atoms with van der Waals surface area (Å²) in [7, 11) is -4.36. The number of carbonyl (C=O) groups is 1. The van der Waals surface area contributed by atoms with Crippen LogP contribution in [0.15, 0.2) is 60.8 Å². The topological polar surface area (TPSA) is 104 Å². The smallest absolute Gasteiger partial charge is 0.267 e. The second-order valence-electron chi connectivity index (χ2n) is 13.5. The number of hydrogen-bond acceptors (Lipinski definition) is 4. The molecule has 0 aromatic carbocycles. The van der Waals surface area contributed by atoms with Crippen LogP contribution in [0.2, 0.25) is 0 Å². The molecule has 7 heteroatoms. The van der Waals surface area contributed by atoms with Crippen LogP contribution in [0.3, 0.4) is 0 Å². The molecule has 2 atom stereocenters. The van der Waals surface area contributed by atoms with Crippen molar-refractivity contribution in [2.75, 3.05) is 5.75 Å². The molecule has 0 aromatic rings. The second kappa shape index (κ2) is 35.9. The van der Waals surface area contributed by atoms with Gasteiger partial charge in [0.2, 0.25) is 5.91 Å². The van der Waals surface area contributed by atoms with Crippen molar-refractivity contribution >= 4 is 16.0 Å². The molecule has 0 spiro atoms. The molecule has 0 fully saturated rings.